The van der Waals surface area contributed by atoms with Crippen LogP contribution < -0.4 is 10.1 Å². The minimum Gasteiger partial charge on any atom is -0.497 e. The van der Waals surface area contributed by atoms with Gasteiger partial charge in [0.25, 0.3) is 0 Å². The number of halogens is 1. The second kappa shape index (κ2) is 5.71. The van der Waals surface area contributed by atoms with Gasteiger partial charge in [0, 0.05) is 12.2 Å². The monoisotopic (exact) mass is 288 g/mol. The van der Waals surface area contributed by atoms with Gasteiger partial charge in [-0.1, -0.05) is 23.7 Å². The number of anilines is 1. The molecule has 3 rings (SSSR count). The number of ether oxygens (including phenoxy) is 1. The van der Waals surface area contributed by atoms with Gasteiger partial charge < -0.3 is 10.1 Å². The van der Waals surface area contributed by atoms with Crippen molar-refractivity contribution in [3.05, 3.63) is 53.3 Å². The zero-order chi connectivity index (χ0) is 13.9. The molecule has 1 N–H and O–H groups in total. The minimum atomic E-state index is 0.476. The predicted octanol–water partition coefficient (Wildman–Crippen LogP) is 4.10. The summed E-state index contributed by atoms with van der Waals surface area (Å²) in [5, 5.41) is 3.99. The molecule has 1 aliphatic rings. The van der Waals surface area contributed by atoms with E-state index in [-0.39, 0.29) is 0 Å². The van der Waals surface area contributed by atoms with Crippen LogP contribution in [0, 0.1) is 0 Å². The van der Waals surface area contributed by atoms with Gasteiger partial charge in [-0.2, -0.15) is 0 Å². The van der Waals surface area contributed by atoms with Crippen LogP contribution >= 0.6 is 11.6 Å². The van der Waals surface area contributed by atoms with Gasteiger partial charge in [-0.15, -0.1) is 0 Å². The summed E-state index contributed by atoms with van der Waals surface area (Å²) in [7, 11) is 1.69. The van der Waals surface area contributed by atoms with Crippen molar-refractivity contribution < 1.29 is 4.74 Å². The lowest BCUT2D eigenvalue weighted by Gasteiger charge is -2.37. The van der Waals surface area contributed by atoms with E-state index < -0.39 is 0 Å². The van der Waals surface area contributed by atoms with Crippen LogP contribution in [0.3, 0.4) is 0 Å². The van der Waals surface area contributed by atoms with Crippen molar-refractivity contribution in [3.8, 4) is 5.75 Å². The summed E-state index contributed by atoms with van der Waals surface area (Å²) >= 11 is 6.05. The highest BCUT2D eigenvalue weighted by Gasteiger charge is 2.30. The highest BCUT2D eigenvalue weighted by atomic mass is 35.5. The van der Waals surface area contributed by atoms with Crippen LogP contribution in [-0.2, 0) is 0 Å². The van der Waals surface area contributed by atoms with Crippen molar-refractivity contribution in [1.82, 2.24) is 4.98 Å². The number of nitrogens with zero attached hydrogens (tertiary/aromatic N) is 1. The molecule has 1 aromatic heterocycles. The number of aromatic nitrogens is 1. The number of rotatable bonds is 4. The van der Waals surface area contributed by atoms with E-state index in [4.69, 9.17) is 16.3 Å². The quantitative estimate of drug-likeness (QED) is 0.860. The molecule has 0 aliphatic heterocycles. The highest BCUT2D eigenvalue weighted by Crippen LogP contribution is 2.39. The zero-order valence-corrected chi connectivity index (χ0v) is 12.1. The standard InChI is InChI=1S/C16H17ClN2O/c1-20-14-6-4-11(5-7-14)12-9-13(10-12)19-15-3-2-8-18-16(15)17/h2-8,12-13,19H,9-10H2,1H3. The second-order valence-corrected chi connectivity index (χ2v) is 5.48. The lowest BCUT2D eigenvalue weighted by atomic mass is 9.76. The first-order valence-electron chi connectivity index (χ1n) is 6.77. The first kappa shape index (κ1) is 13.3. The summed E-state index contributed by atoms with van der Waals surface area (Å²) < 4.78 is 5.18. The Morgan fingerprint density at radius 1 is 1.20 bits per heavy atom. The molecule has 0 bridgehead atoms. The van der Waals surface area contributed by atoms with Crippen molar-refractivity contribution in [2.24, 2.45) is 0 Å². The summed E-state index contributed by atoms with van der Waals surface area (Å²) in [5.41, 5.74) is 2.30. The van der Waals surface area contributed by atoms with Crippen molar-refractivity contribution >= 4 is 17.3 Å². The average Bonchev–Trinajstić information content (AvgIpc) is 2.44. The number of benzene rings is 1. The molecule has 0 unspecified atom stereocenters. The van der Waals surface area contributed by atoms with Crippen molar-refractivity contribution in [1.29, 1.82) is 0 Å². The van der Waals surface area contributed by atoms with Gasteiger partial charge in [-0.3, -0.25) is 0 Å². The van der Waals surface area contributed by atoms with E-state index in [1.54, 1.807) is 13.3 Å². The van der Waals surface area contributed by atoms with Gasteiger partial charge in [-0.05, 0) is 48.6 Å². The molecule has 1 fully saturated rings. The molecule has 0 amide bonds. The van der Waals surface area contributed by atoms with Crippen LogP contribution in [0.2, 0.25) is 5.15 Å². The van der Waals surface area contributed by atoms with Gasteiger partial charge in [0.15, 0.2) is 5.15 Å². The molecule has 2 aromatic rings. The second-order valence-electron chi connectivity index (χ2n) is 5.12. The number of methoxy groups -OCH3 is 1. The largest absolute Gasteiger partial charge is 0.497 e. The van der Waals surface area contributed by atoms with Crippen molar-refractivity contribution in [2.45, 2.75) is 24.8 Å². The zero-order valence-electron chi connectivity index (χ0n) is 11.3. The topological polar surface area (TPSA) is 34.1 Å². The number of nitrogens with one attached hydrogen (secondary N) is 1. The van der Waals surface area contributed by atoms with E-state index in [1.165, 1.54) is 5.56 Å². The fourth-order valence-electron chi connectivity index (χ4n) is 2.60. The van der Waals surface area contributed by atoms with Crippen molar-refractivity contribution in [2.75, 3.05) is 12.4 Å². The maximum absolute atomic E-state index is 6.05. The molecule has 20 heavy (non-hydrogen) atoms. The fraction of sp³-hybridized carbons (Fsp3) is 0.312. The number of hydrogen-bond acceptors (Lipinski definition) is 3. The maximum Gasteiger partial charge on any atom is 0.152 e. The molecule has 4 heteroatoms. The van der Waals surface area contributed by atoms with E-state index in [0.717, 1.165) is 24.3 Å². The van der Waals surface area contributed by atoms with Crippen LogP contribution in [-0.4, -0.2) is 18.1 Å². The van der Waals surface area contributed by atoms with E-state index in [2.05, 4.69) is 22.4 Å². The molecule has 0 radical (unpaired) electrons. The number of hydrogen-bond donors (Lipinski definition) is 1. The average molecular weight is 289 g/mol. The van der Waals surface area contributed by atoms with Gasteiger partial charge in [0.2, 0.25) is 0 Å². The summed E-state index contributed by atoms with van der Waals surface area (Å²) in [5.74, 6) is 1.53. The molecule has 1 saturated carbocycles. The Bertz CT molecular complexity index is 579. The molecule has 0 atom stereocenters. The number of pyridine rings is 1. The van der Waals surface area contributed by atoms with E-state index in [1.807, 2.05) is 24.3 Å². The Morgan fingerprint density at radius 2 is 1.95 bits per heavy atom. The third-order valence-corrected chi connectivity index (χ3v) is 4.15. The van der Waals surface area contributed by atoms with Gasteiger partial charge >= 0.3 is 0 Å². The predicted molar refractivity (Wildman–Crippen MR) is 81.6 cm³/mol. The SMILES string of the molecule is COc1ccc(C2CC(Nc3cccnc3Cl)C2)cc1. The van der Waals surface area contributed by atoms with Gasteiger partial charge in [-0.25, -0.2) is 4.98 Å². The van der Waals surface area contributed by atoms with Crippen LogP contribution in [0.15, 0.2) is 42.6 Å². The Balaban J connectivity index is 1.57. The Kier molecular flexibility index (Phi) is 3.79. The lowest BCUT2D eigenvalue weighted by molar-refractivity contribution is 0.373. The Hall–Kier alpha value is -1.74. The third kappa shape index (κ3) is 2.73. The molecule has 104 valence electrons. The molecule has 3 nitrogen and oxygen atoms in total. The van der Waals surface area contributed by atoms with Crippen molar-refractivity contribution in [3.63, 3.8) is 0 Å². The molecular formula is C16H17ClN2O. The van der Waals surface area contributed by atoms with E-state index in [0.29, 0.717) is 17.1 Å². The summed E-state index contributed by atoms with van der Waals surface area (Å²) in [4.78, 5) is 4.08. The lowest BCUT2D eigenvalue weighted by Crippen LogP contribution is -2.34. The van der Waals surface area contributed by atoms with Crippen LogP contribution in [0.5, 0.6) is 5.75 Å². The normalized spacial score (nSPS) is 21.1. The summed E-state index contributed by atoms with van der Waals surface area (Å²) in [6.07, 6.45) is 3.95. The molecule has 0 spiro atoms. The third-order valence-electron chi connectivity index (χ3n) is 3.84. The molecule has 0 saturated heterocycles. The summed E-state index contributed by atoms with van der Waals surface area (Å²) in [6, 6.07) is 12.7. The highest BCUT2D eigenvalue weighted by molar-refractivity contribution is 6.31. The minimum absolute atomic E-state index is 0.476. The van der Waals surface area contributed by atoms with Crippen LogP contribution in [0.1, 0.15) is 24.3 Å². The van der Waals surface area contributed by atoms with Crippen LogP contribution in [0.4, 0.5) is 5.69 Å². The van der Waals surface area contributed by atoms with Crippen LogP contribution in [0.25, 0.3) is 0 Å². The molecule has 1 aromatic carbocycles. The smallest absolute Gasteiger partial charge is 0.152 e. The Labute approximate surface area is 123 Å². The first-order valence-corrected chi connectivity index (χ1v) is 7.15. The maximum atomic E-state index is 6.05. The molecule has 1 heterocycles. The summed E-state index contributed by atoms with van der Waals surface area (Å²) in [6.45, 7) is 0. The first-order chi connectivity index (χ1) is 9.76. The van der Waals surface area contributed by atoms with E-state index >= 15 is 0 Å². The van der Waals surface area contributed by atoms with Gasteiger partial charge in [0.05, 0.1) is 12.8 Å². The van der Waals surface area contributed by atoms with Gasteiger partial charge in [0.1, 0.15) is 5.75 Å². The molecule has 1 aliphatic carbocycles. The van der Waals surface area contributed by atoms with E-state index in [9.17, 15) is 0 Å². The Morgan fingerprint density at radius 3 is 2.60 bits per heavy atom. The fourth-order valence-corrected chi connectivity index (χ4v) is 2.77. The molecular weight excluding hydrogens is 272 g/mol.